The fourth-order valence-electron chi connectivity index (χ4n) is 3.96. The monoisotopic (exact) mass is 414 g/mol. The van der Waals surface area contributed by atoms with Crippen molar-refractivity contribution in [2.45, 2.75) is 46.5 Å². The molecule has 0 aromatic carbocycles. The summed E-state index contributed by atoms with van der Waals surface area (Å²) >= 11 is 13.1. The zero-order chi connectivity index (χ0) is 19.1. The Kier molecular flexibility index (Phi) is 5.71. The molecule has 0 unspecified atom stereocenters. The van der Waals surface area contributed by atoms with Crippen molar-refractivity contribution in [2.75, 3.05) is 11.9 Å². The van der Waals surface area contributed by atoms with Crippen LogP contribution >= 0.6 is 34.5 Å². The van der Waals surface area contributed by atoms with Gasteiger partial charge in [0.05, 0.1) is 11.5 Å². The molecular formula is C19H24Cl2N2O2S. The van der Waals surface area contributed by atoms with Gasteiger partial charge < -0.3 is 10.6 Å². The van der Waals surface area contributed by atoms with Gasteiger partial charge in [-0.1, -0.05) is 37.0 Å². The zero-order valence-corrected chi connectivity index (χ0v) is 17.6. The lowest BCUT2D eigenvalue weighted by molar-refractivity contribution is -0.118. The van der Waals surface area contributed by atoms with Gasteiger partial charge in [0, 0.05) is 11.4 Å². The molecule has 1 aromatic rings. The van der Waals surface area contributed by atoms with Gasteiger partial charge in [0.1, 0.15) is 9.49 Å². The first kappa shape index (κ1) is 19.7. The van der Waals surface area contributed by atoms with Crippen LogP contribution in [0.2, 0.25) is 0 Å². The van der Waals surface area contributed by atoms with E-state index in [-0.39, 0.29) is 33.6 Å². The van der Waals surface area contributed by atoms with Crippen LogP contribution in [-0.2, 0) is 17.6 Å². The van der Waals surface area contributed by atoms with Gasteiger partial charge in [-0.3, -0.25) is 9.59 Å². The predicted octanol–water partition coefficient (Wildman–Crippen LogP) is 4.91. The first-order valence-electron chi connectivity index (χ1n) is 9.03. The van der Waals surface area contributed by atoms with E-state index in [2.05, 4.69) is 10.6 Å². The SMILES string of the molecule is CCNC(=O)c1c(NC(=O)[C@H]2[C@@H](C=C(Cl)Cl)C2(C)C)sc2c1CCCC2. The number of rotatable bonds is 5. The molecule has 0 bridgehead atoms. The number of halogens is 2. The van der Waals surface area contributed by atoms with Crippen molar-refractivity contribution in [3.05, 3.63) is 26.6 Å². The third-order valence-corrected chi connectivity index (χ3v) is 6.93. The highest BCUT2D eigenvalue weighted by atomic mass is 35.5. The number of amides is 2. The minimum Gasteiger partial charge on any atom is -0.352 e. The molecule has 2 aliphatic carbocycles. The molecule has 1 fully saturated rings. The summed E-state index contributed by atoms with van der Waals surface area (Å²) in [6, 6.07) is 0. The molecular weight excluding hydrogens is 391 g/mol. The molecule has 0 radical (unpaired) electrons. The fraction of sp³-hybridized carbons (Fsp3) is 0.579. The predicted molar refractivity (Wildman–Crippen MR) is 108 cm³/mol. The molecule has 3 rings (SSSR count). The number of anilines is 1. The van der Waals surface area contributed by atoms with Crippen LogP contribution in [0.5, 0.6) is 0 Å². The van der Waals surface area contributed by atoms with Crippen molar-refractivity contribution in [3.8, 4) is 0 Å². The first-order chi connectivity index (χ1) is 12.3. The maximum atomic E-state index is 12.9. The van der Waals surface area contributed by atoms with Gasteiger partial charge >= 0.3 is 0 Å². The molecule has 4 nitrogen and oxygen atoms in total. The van der Waals surface area contributed by atoms with E-state index in [0.29, 0.717) is 17.1 Å². The van der Waals surface area contributed by atoms with Crippen LogP contribution in [0.3, 0.4) is 0 Å². The number of hydrogen-bond donors (Lipinski definition) is 2. The van der Waals surface area contributed by atoms with E-state index in [1.54, 1.807) is 17.4 Å². The smallest absolute Gasteiger partial charge is 0.254 e. The van der Waals surface area contributed by atoms with E-state index >= 15 is 0 Å². The van der Waals surface area contributed by atoms with Crippen molar-refractivity contribution >= 4 is 51.4 Å². The maximum Gasteiger partial charge on any atom is 0.254 e. The standard InChI is InChI=1S/C19H24Cl2N2O2S/c1-4-22-16(24)14-10-7-5-6-8-12(10)26-18(14)23-17(25)15-11(9-13(20)21)19(15,2)3/h9,11,15H,4-8H2,1-3H3,(H,22,24)(H,23,25)/t11-,15-/m1/s1. The molecule has 26 heavy (non-hydrogen) atoms. The molecule has 2 amide bonds. The Morgan fingerprint density at radius 2 is 1.96 bits per heavy atom. The summed E-state index contributed by atoms with van der Waals surface area (Å²) in [7, 11) is 0. The van der Waals surface area contributed by atoms with Crippen LogP contribution in [-0.4, -0.2) is 18.4 Å². The van der Waals surface area contributed by atoms with Gasteiger partial charge in [0.15, 0.2) is 0 Å². The second kappa shape index (κ2) is 7.53. The highest BCUT2D eigenvalue weighted by molar-refractivity contribution is 7.17. The second-order valence-corrected chi connectivity index (χ2v) is 9.66. The molecule has 142 valence electrons. The van der Waals surface area contributed by atoms with Crippen LogP contribution in [0.15, 0.2) is 10.6 Å². The Hall–Kier alpha value is -1.04. The molecule has 2 atom stereocenters. The van der Waals surface area contributed by atoms with E-state index in [1.807, 2.05) is 20.8 Å². The van der Waals surface area contributed by atoms with Crippen molar-refractivity contribution in [1.29, 1.82) is 0 Å². The van der Waals surface area contributed by atoms with Crippen LogP contribution in [0.25, 0.3) is 0 Å². The minimum atomic E-state index is -0.198. The maximum absolute atomic E-state index is 12.9. The molecule has 0 aliphatic heterocycles. The highest BCUT2D eigenvalue weighted by Gasteiger charge is 2.60. The van der Waals surface area contributed by atoms with Crippen molar-refractivity contribution in [3.63, 3.8) is 0 Å². The molecule has 0 saturated heterocycles. The van der Waals surface area contributed by atoms with Gasteiger partial charge in [-0.2, -0.15) is 0 Å². The lowest BCUT2D eigenvalue weighted by Gasteiger charge is -2.13. The Balaban J connectivity index is 1.86. The van der Waals surface area contributed by atoms with E-state index < -0.39 is 0 Å². The average Bonchev–Trinajstić information content (AvgIpc) is 2.92. The summed E-state index contributed by atoms with van der Waals surface area (Å²) in [6.07, 6.45) is 5.82. The second-order valence-electron chi connectivity index (χ2n) is 7.54. The summed E-state index contributed by atoms with van der Waals surface area (Å²) < 4.78 is 0.188. The molecule has 2 aliphatic rings. The average molecular weight is 415 g/mol. The fourth-order valence-corrected chi connectivity index (χ4v) is 5.52. The molecule has 1 saturated carbocycles. The largest absolute Gasteiger partial charge is 0.352 e. The number of aryl methyl sites for hydroxylation is 1. The van der Waals surface area contributed by atoms with E-state index in [4.69, 9.17) is 23.2 Å². The number of nitrogens with one attached hydrogen (secondary N) is 2. The number of carbonyl (C=O) groups is 2. The highest BCUT2D eigenvalue weighted by Crippen LogP contribution is 2.60. The lowest BCUT2D eigenvalue weighted by atomic mass is 9.95. The van der Waals surface area contributed by atoms with E-state index in [9.17, 15) is 9.59 Å². The van der Waals surface area contributed by atoms with E-state index in [1.165, 1.54) is 4.88 Å². The molecule has 7 heteroatoms. The summed E-state index contributed by atoms with van der Waals surface area (Å²) in [4.78, 5) is 26.7. The van der Waals surface area contributed by atoms with Crippen LogP contribution in [0.4, 0.5) is 5.00 Å². The van der Waals surface area contributed by atoms with E-state index in [0.717, 1.165) is 31.2 Å². The number of thiophene rings is 1. The van der Waals surface area contributed by atoms with Crippen LogP contribution in [0.1, 0.15) is 54.4 Å². The van der Waals surface area contributed by atoms with Crippen molar-refractivity contribution in [2.24, 2.45) is 17.3 Å². The number of carbonyl (C=O) groups excluding carboxylic acids is 2. The topological polar surface area (TPSA) is 58.2 Å². The van der Waals surface area contributed by atoms with Gasteiger partial charge in [0.2, 0.25) is 5.91 Å². The Morgan fingerprint density at radius 1 is 1.27 bits per heavy atom. The molecule has 2 N–H and O–H groups in total. The summed E-state index contributed by atoms with van der Waals surface area (Å²) in [5, 5.41) is 6.59. The van der Waals surface area contributed by atoms with Gasteiger partial charge in [-0.05, 0) is 55.6 Å². The number of fused-ring (bicyclic) bond motifs is 1. The Labute approximate surface area is 168 Å². The zero-order valence-electron chi connectivity index (χ0n) is 15.2. The third kappa shape index (κ3) is 3.67. The minimum absolute atomic E-state index is 0.00926. The first-order valence-corrected chi connectivity index (χ1v) is 10.6. The van der Waals surface area contributed by atoms with Crippen LogP contribution in [0, 0.1) is 17.3 Å². The number of hydrogen-bond acceptors (Lipinski definition) is 3. The Morgan fingerprint density at radius 3 is 2.62 bits per heavy atom. The normalized spacial score (nSPS) is 23.0. The van der Waals surface area contributed by atoms with Gasteiger partial charge in [-0.15, -0.1) is 11.3 Å². The number of allylic oxidation sites excluding steroid dienone is 1. The molecule has 0 spiro atoms. The molecule has 1 aromatic heterocycles. The van der Waals surface area contributed by atoms with Crippen molar-refractivity contribution < 1.29 is 9.59 Å². The quantitative estimate of drug-likeness (QED) is 0.718. The van der Waals surface area contributed by atoms with Gasteiger partial charge in [-0.25, -0.2) is 0 Å². The Bertz CT molecular complexity index is 766. The third-order valence-electron chi connectivity index (χ3n) is 5.47. The van der Waals surface area contributed by atoms with Crippen LogP contribution < -0.4 is 10.6 Å². The molecule has 1 heterocycles. The summed E-state index contributed by atoms with van der Waals surface area (Å²) in [5.41, 5.74) is 1.57. The van der Waals surface area contributed by atoms with Gasteiger partial charge in [0.25, 0.3) is 5.91 Å². The summed E-state index contributed by atoms with van der Waals surface area (Å²) in [6.45, 7) is 6.51. The van der Waals surface area contributed by atoms with Crippen molar-refractivity contribution in [1.82, 2.24) is 5.32 Å². The lowest BCUT2D eigenvalue weighted by Crippen LogP contribution is -2.26. The summed E-state index contributed by atoms with van der Waals surface area (Å²) in [5.74, 6) is -0.362.